The highest BCUT2D eigenvalue weighted by Crippen LogP contribution is 2.24. The topological polar surface area (TPSA) is 65.2 Å². The number of ether oxygens (including phenoxy) is 1. The third kappa shape index (κ3) is 2.94. The van der Waals surface area contributed by atoms with Gasteiger partial charge in [-0.25, -0.2) is 22.9 Å². The highest BCUT2D eigenvalue weighted by molar-refractivity contribution is 5.91. The Labute approximate surface area is 95.6 Å². The van der Waals surface area contributed by atoms with Crippen molar-refractivity contribution in [3.05, 3.63) is 28.8 Å². The van der Waals surface area contributed by atoms with Crippen LogP contribution in [0.15, 0.2) is 6.07 Å². The van der Waals surface area contributed by atoms with Gasteiger partial charge in [-0.05, 0) is 13.0 Å². The third-order valence-corrected chi connectivity index (χ3v) is 1.95. The van der Waals surface area contributed by atoms with Crippen LogP contribution in [0.5, 0.6) is 0 Å². The first-order chi connectivity index (χ1) is 8.01. The van der Waals surface area contributed by atoms with Gasteiger partial charge in [0.2, 0.25) is 0 Å². The molecule has 0 saturated heterocycles. The van der Waals surface area contributed by atoms with E-state index in [1.54, 1.807) is 0 Å². The Bertz CT molecular complexity index is 424. The summed E-state index contributed by atoms with van der Waals surface area (Å²) in [5.41, 5.74) is 3.36. The minimum absolute atomic E-state index is 0.0421. The Hall–Kier alpha value is -1.63. The second kappa shape index (κ2) is 5.62. The van der Waals surface area contributed by atoms with E-state index in [0.717, 1.165) is 6.07 Å². The van der Waals surface area contributed by atoms with Gasteiger partial charge in [0.15, 0.2) is 0 Å². The Balaban J connectivity index is 3.31. The molecule has 0 aliphatic carbocycles. The normalized spacial score (nSPS) is 10.7. The number of carbonyl (C=O) groups is 1. The summed E-state index contributed by atoms with van der Waals surface area (Å²) in [7, 11) is 0. The molecule has 0 amide bonds. The summed E-state index contributed by atoms with van der Waals surface area (Å²) < 4.78 is 43.3. The van der Waals surface area contributed by atoms with Crippen LogP contribution in [0.3, 0.4) is 0 Å². The Morgan fingerprint density at radius 3 is 2.71 bits per heavy atom. The molecule has 1 aromatic heterocycles. The molecular weight excluding hydrogens is 237 g/mol. The lowest BCUT2D eigenvalue weighted by Crippen LogP contribution is -2.15. The molecule has 0 unspecified atom stereocenters. The third-order valence-electron chi connectivity index (χ3n) is 1.95. The standard InChI is InChI=1S/C10H11F3N2O2/c1-2-17-10(16)7-6(11)3-5(4-14)15-8(7)9(12)13/h3,9H,2,4,14H2,1H3. The SMILES string of the molecule is CCOC(=O)c1c(F)cc(CN)nc1C(F)F. The first-order valence-electron chi connectivity index (χ1n) is 4.85. The minimum atomic E-state index is -3.07. The van der Waals surface area contributed by atoms with Crippen molar-refractivity contribution in [3.63, 3.8) is 0 Å². The molecule has 2 N–H and O–H groups in total. The van der Waals surface area contributed by atoms with E-state index in [4.69, 9.17) is 5.73 Å². The van der Waals surface area contributed by atoms with Crippen molar-refractivity contribution in [1.82, 2.24) is 4.98 Å². The number of esters is 1. The van der Waals surface area contributed by atoms with Gasteiger partial charge in [0.05, 0.1) is 12.3 Å². The lowest BCUT2D eigenvalue weighted by molar-refractivity contribution is 0.0507. The molecule has 0 bridgehead atoms. The van der Waals surface area contributed by atoms with Crippen molar-refractivity contribution in [2.75, 3.05) is 6.61 Å². The van der Waals surface area contributed by atoms with Gasteiger partial charge in [-0.3, -0.25) is 0 Å². The fourth-order valence-corrected chi connectivity index (χ4v) is 1.25. The van der Waals surface area contributed by atoms with Gasteiger partial charge < -0.3 is 10.5 Å². The Kier molecular flexibility index (Phi) is 4.45. The highest BCUT2D eigenvalue weighted by atomic mass is 19.3. The van der Waals surface area contributed by atoms with Crippen LogP contribution < -0.4 is 5.73 Å². The predicted molar refractivity (Wildman–Crippen MR) is 53.0 cm³/mol. The summed E-state index contributed by atoms with van der Waals surface area (Å²) in [4.78, 5) is 14.8. The molecule has 0 radical (unpaired) electrons. The van der Waals surface area contributed by atoms with Crippen molar-refractivity contribution >= 4 is 5.97 Å². The summed E-state index contributed by atoms with van der Waals surface area (Å²) >= 11 is 0. The number of carbonyl (C=O) groups excluding carboxylic acids is 1. The monoisotopic (exact) mass is 248 g/mol. The summed E-state index contributed by atoms with van der Waals surface area (Å²) in [5.74, 6) is -2.26. The zero-order chi connectivity index (χ0) is 13.0. The minimum Gasteiger partial charge on any atom is -0.462 e. The molecule has 0 aliphatic rings. The van der Waals surface area contributed by atoms with Gasteiger partial charge in [0, 0.05) is 6.54 Å². The molecule has 4 nitrogen and oxygen atoms in total. The maximum atomic E-state index is 13.5. The van der Waals surface area contributed by atoms with Crippen LogP contribution in [-0.2, 0) is 11.3 Å². The summed E-state index contributed by atoms with van der Waals surface area (Å²) in [6.07, 6.45) is -3.07. The number of hydrogen-bond donors (Lipinski definition) is 1. The molecule has 0 spiro atoms. The average molecular weight is 248 g/mol. The molecule has 0 atom stereocenters. The van der Waals surface area contributed by atoms with E-state index in [-0.39, 0.29) is 18.8 Å². The van der Waals surface area contributed by atoms with Crippen molar-refractivity contribution in [2.45, 2.75) is 19.9 Å². The lowest BCUT2D eigenvalue weighted by atomic mass is 10.1. The van der Waals surface area contributed by atoms with Gasteiger partial charge in [0.25, 0.3) is 6.43 Å². The van der Waals surface area contributed by atoms with E-state index in [1.165, 1.54) is 6.92 Å². The van der Waals surface area contributed by atoms with Gasteiger partial charge >= 0.3 is 5.97 Å². The van der Waals surface area contributed by atoms with E-state index in [2.05, 4.69) is 9.72 Å². The predicted octanol–water partition coefficient (Wildman–Crippen LogP) is 1.79. The number of aromatic nitrogens is 1. The number of halogens is 3. The molecule has 0 aliphatic heterocycles. The first kappa shape index (κ1) is 13.4. The maximum Gasteiger partial charge on any atom is 0.343 e. The molecule has 0 saturated carbocycles. The fraction of sp³-hybridized carbons (Fsp3) is 0.400. The van der Waals surface area contributed by atoms with Gasteiger partial charge in [0.1, 0.15) is 17.1 Å². The zero-order valence-corrected chi connectivity index (χ0v) is 9.04. The quantitative estimate of drug-likeness (QED) is 0.825. The number of nitrogens with zero attached hydrogens (tertiary/aromatic N) is 1. The van der Waals surface area contributed by atoms with Crippen molar-refractivity contribution < 1.29 is 22.7 Å². The molecule has 17 heavy (non-hydrogen) atoms. The molecule has 1 heterocycles. The summed E-state index contributed by atoms with van der Waals surface area (Å²) in [5, 5.41) is 0. The molecule has 7 heteroatoms. The van der Waals surface area contributed by atoms with Crippen LogP contribution in [0.4, 0.5) is 13.2 Å². The highest BCUT2D eigenvalue weighted by Gasteiger charge is 2.26. The molecular formula is C10H11F3N2O2. The Morgan fingerprint density at radius 1 is 1.59 bits per heavy atom. The zero-order valence-electron chi connectivity index (χ0n) is 9.04. The average Bonchev–Trinajstić information content (AvgIpc) is 2.27. The number of rotatable bonds is 4. The first-order valence-corrected chi connectivity index (χ1v) is 4.85. The van der Waals surface area contributed by atoms with E-state index in [1.807, 2.05) is 0 Å². The number of pyridine rings is 1. The molecule has 0 fully saturated rings. The van der Waals surface area contributed by atoms with Gasteiger partial charge in [-0.1, -0.05) is 0 Å². The van der Waals surface area contributed by atoms with Gasteiger partial charge in [-0.15, -0.1) is 0 Å². The largest absolute Gasteiger partial charge is 0.462 e. The van der Waals surface area contributed by atoms with Crippen molar-refractivity contribution in [1.29, 1.82) is 0 Å². The molecule has 1 aromatic rings. The van der Waals surface area contributed by atoms with Crippen LogP contribution in [0.25, 0.3) is 0 Å². The lowest BCUT2D eigenvalue weighted by Gasteiger charge is -2.10. The number of hydrogen-bond acceptors (Lipinski definition) is 4. The summed E-state index contributed by atoms with van der Waals surface area (Å²) in [6, 6.07) is 0.845. The van der Waals surface area contributed by atoms with Crippen molar-refractivity contribution in [3.8, 4) is 0 Å². The van der Waals surface area contributed by atoms with E-state index >= 15 is 0 Å². The fourth-order valence-electron chi connectivity index (χ4n) is 1.25. The number of alkyl halides is 2. The van der Waals surface area contributed by atoms with Crippen LogP contribution in [0.2, 0.25) is 0 Å². The smallest absolute Gasteiger partial charge is 0.343 e. The van der Waals surface area contributed by atoms with E-state index in [9.17, 15) is 18.0 Å². The van der Waals surface area contributed by atoms with Crippen LogP contribution in [0.1, 0.15) is 35.1 Å². The van der Waals surface area contributed by atoms with Crippen LogP contribution >= 0.6 is 0 Å². The maximum absolute atomic E-state index is 13.5. The summed E-state index contributed by atoms with van der Waals surface area (Å²) in [6.45, 7) is 1.25. The second-order valence-corrected chi connectivity index (χ2v) is 3.08. The van der Waals surface area contributed by atoms with Crippen LogP contribution in [-0.4, -0.2) is 17.6 Å². The number of nitrogens with two attached hydrogens (primary N) is 1. The second-order valence-electron chi connectivity index (χ2n) is 3.08. The van der Waals surface area contributed by atoms with Crippen molar-refractivity contribution in [2.24, 2.45) is 5.73 Å². The molecule has 1 rings (SSSR count). The van der Waals surface area contributed by atoms with E-state index in [0.29, 0.717) is 0 Å². The Morgan fingerprint density at radius 2 is 2.24 bits per heavy atom. The van der Waals surface area contributed by atoms with E-state index < -0.39 is 29.5 Å². The van der Waals surface area contributed by atoms with Crippen LogP contribution in [0, 0.1) is 5.82 Å². The molecule has 0 aromatic carbocycles. The molecule has 94 valence electrons. The van der Waals surface area contributed by atoms with Gasteiger partial charge in [-0.2, -0.15) is 0 Å².